The molecule has 0 unspecified atom stereocenters. The number of ether oxygens (including phenoxy) is 2. The molecule has 0 aromatic heterocycles. The Morgan fingerprint density at radius 3 is 1.24 bits per heavy atom. The van der Waals surface area contributed by atoms with E-state index in [4.69, 9.17) is 9.47 Å². The van der Waals surface area contributed by atoms with E-state index in [2.05, 4.69) is 37.5 Å². The van der Waals surface area contributed by atoms with Gasteiger partial charge in [0.1, 0.15) is 0 Å². The van der Waals surface area contributed by atoms with Gasteiger partial charge in [-0.15, -0.1) is 0 Å². The van der Waals surface area contributed by atoms with Gasteiger partial charge in [0.25, 0.3) is 0 Å². The molecule has 0 radical (unpaired) electrons. The zero-order valence-electron chi connectivity index (χ0n) is 22.4. The van der Waals surface area contributed by atoms with Crippen LogP contribution >= 0.6 is 0 Å². The highest BCUT2D eigenvalue weighted by atomic mass is 19.1. The van der Waals surface area contributed by atoms with Gasteiger partial charge in [-0.3, -0.25) is 0 Å². The van der Waals surface area contributed by atoms with Crippen molar-refractivity contribution in [3.8, 4) is 35.2 Å². The highest BCUT2D eigenvalue weighted by Crippen LogP contribution is 2.20. The van der Waals surface area contributed by atoms with E-state index in [0.29, 0.717) is 24.3 Å². The van der Waals surface area contributed by atoms with Crippen LogP contribution in [0.3, 0.4) is 0 Å². The fourth-order valence-corrected chi connectivity index (χ4v) is 3.74. The number of benzene rings is 3. The van der Waals surface area contributed by atoms with Crippen molar-refractivity contribution < 1.29 is 18.3 Å². The van der Waals surface area contributed by atoms with Crippen molar-refractivity contribution in [2.75, 3.05) is 13.2 Å². The Bertz CT molecular complexity index is 1170. The van der Waals surface area contributed by atoms with E-state index in [-0.39, 0.29) is 11.5 Å². The van der Waals surface area contributed by atoms with Gasteiger partial charge in [-0.2, -0.15) is 0 Å². The maximum Gasteiger partial charge on any atom is 0.166 e. The molecule has 0 saturated carbocycles. The van der Waals surface area contributed by atoms with E-state index in [0.717, 1.165) is 62.5 Å². The standard InChI is InChI=1S/C34H36F2O2/c1-3-5-7-9-23-37-33-21-19-29(25-31(33)35)17-15-27-11-13-28(14-12-27)16-18-30-20-22-34(32(36)26-30)38-24-10-8-6-4-2/h11-14,19-22,25-26H,3-10,23-24H2,1-2H3. The Balaban J connectivity index is 1.54. The lowest BCUT2D eigenvalue weighted by molar-refractivity contribution is 0.290. The molecule has 0 atom stereocenters. The van der Waals surface area contributed by atoms with Crippen molar-refractivity contribution in [2.45, 2.75) is 65.2 Å². The molecule has 38 heavy (non-hydrogen) atoms. The van der Waals surface area contributed by atoms with Crippen molar-refractivity contribution in [2.24, 2.45) is 0 Å². The summed E-state index contributed by atoms with van der Waals surface area (Å²) in [6.07, 6.45) is 8.66. The molecule has 0 aliphatic carbocycles. The number of halogens is 2. The average Bonchev–Trinajstić information content (AvgIpc) is 2.93. The molecule has 0 bridgehead atoms. The van der Waals surface area contributed by atoms with Crippen LogP contribution in [0.5, 0.6) is 11.5 Å². The second kappa shape index (κ2) is 16.2. The highest BCUT2D eigenvalue weighted by molar-refractivity contribution is 5.49. The van der Waals surface area contributed by atoms with Crippen molar-refractivity contribution in [1.29, 1.82) is 0 Å². The van der Waals surface area contributed by atoms with Crippen LogP contribution in [0.15, 0.2) is 60.7 Å². The zero-order chi connectivity index (χ0) is 27.0. The molecule has 0 fully saturated rings. The van der Waals surface area contributed by atoms with Crippen LogP contribution in [-0.4, -0.2) is 13.2 Å². The van der Waals surface area contributed by atoms with Crippen molar-refractivity contribution in [3.05, 3.63) is 94.6 Å². The van der Waals surface area contributed by atoms with Gasteiger partial charge in [0.2, 0.25) is 0 Å². The fraction of sp³-hybridized carbons (Fsp3) is 0.353. The first-order valence-electron chi connectivity index (χ1n) is 13.6. The van der Waals surface area contributed by atoms with Crippen LogP contribution in [0, 0.1) is 35.3 Å². The van der Waals surface area contributed by atoms with Gasteiger partial charge in [-0.05, 0) is 73.5 Å². The summed E-state index contributed by atoms with van der Waals surface area (Å²) >= 11 is 0. The van der Waals surface area contributed by atoms with Crippen LogP contribution in [0.4, 0.5) is 8.78 Å². The minimum absolute atomic E-state index is 0.263. The van der Waals surface area contributed by atoms with Crippen LogP contribution in [0.2, 0.25) is 0 Å². The number of unbranched alkanes of at least 4 members (excludes halogenated alkanes) is 6. The quantitative estimate of drug-likeness (QED) is 0.178. The molecule has 0 heterocycles. The monoisotopic (exact) mass is 514 g/mol. The largest absolute Gasteiger partial charge is 0.491 e. The first-order valence-corrected chi connectivity index (χ1v) is 13.6. The lowest BCUT2D eigenvalue weighted by Crippen LogP contribution is -1.99. The molecule has 0 amide bonds. The highest BCUT2D eigenvalue weighted by Gasteiger charge is 2.05. The van der Waals surface area contributed by atoms with E-state index >= 15 is 0 Å². The van der Waals surface area contributed by atoms with Crippen LogP contribution in [0.25, 0.3) is 0 Å². The smallest absolute Gasteiger partial charge is 0.166 e. The van der Waals surface area contributed by atoms with E-state index in [1.165, 1.54) is 12.1 Å². The summed E-state index contributed by atoms with van der Waals surface area (Å²) in [5, 5.41) is 0. The third kappa shape index (κ3) is 9.95. The SMILES string of the molecule is CCCCCCOc1ccc(C#Cc2ccc(C#Cc3ccc(OCCCCCC)c(F)c3)cc2)cc1F. The Morgan fingerprint density at radius 2 is 0.868 bits per heavy atom. The van der Waals surface area contributed by atoms with Gasteiger partial charge in [0.15, 0.2) is 23.1 Å². The lowest BCUT2D eigenvalue weighted by atomic mass is 10.1. The van der Waals surface area contributed by atoms with Crippen molar-refractivity contribution >= 4 is 0 Å². The van der Waals surface area contributed by atoms with E-state index in [1.54, 1.807) is 24.3 Å². The molecule has 0 N–H and O–H groups in total. The molecule has 3 rings (SSSR count). The molecular weight excluding hydrogens is 478 g/mol. The zero-order valence-corrected chi connectivity index (χ0v) is 22.4. The van der Waals surface area contributed by atoms with Crippen LogP contribution < -0.4 is 9.47 Å². The molecule has 0 aliphatic rings. The topological polar surface area (TPSA) is 18.5 Å². The Hall–Kier alpha value is -3.76. The summed E-state index contributed by atoms with van der Waals surface area (Å²) in [6, 6.07) is 17.0. The summed E-state index contributed by atoms with van der Waals surface area (Å²) < 4.78 is 39.8. The minimum atomic E-state index is -0.402. The molecule has 3 aromatic rings. The first kappa shape index (κ1) is 28.8. The number of hydrogen-bond acceptors (Lipinski definition) is 2. The normalized spacial score (nSPS) is 10.2. The Labute approximate surface area is 226 Å². The lowest BCUT2D eigenvalue weighted by Gasteiger charge is -2.07. The van der Waals surface area contributed by atoms with E-state index < -0.39 is 11.6 Å². The second-order valence-electron chi connectivity index (χ2n) is 9.19. The molecular formula is C34H36F2O2. The van der Waals surface area contributed by atoms with Gasteiger partial charge in [-0.25, -0.2) is 8.78 Å². The van der Waals surface area contributed by atoms with E-state index in [1.807, 2.05) is 24.3 Å². The third-order valence-electron chi connectivity index (χ3n) is 5.96. The summed E-state index contributed by atoms with van der Waals surface area (Å²) in [4.78, 5) is 0. The van der Waals surface area contributed by atoms with Gasteiger partial charge in [-0.1, -0.05) is 76.1 Å². The Kier molecular flexibility index (Phi) is 12.2. The molecule has 3 aromatic carbocycles. The fourth-order valence-electron chi connectivity index (χ4n) is 3.74. The van der Waals surface area contributed by atoms with Gasteiger partial charge < -0.3 is 9.47 Å². The van der Waals surface area contributed by atoms with Gasteiger partial charge >= 0.3 is 0 Å². The van der Waals surface area contributed by atoms with Crippen LogP contribution in [-0.2, 0) is 0 Å². The maximum absolute atomic E-state index is 14.3. The molecule has 0 spiro atoms. The average molecular weight is 515 g/mol. The maximum atomic E-state index is 14.3. The number of hydrogen-bond donors (Lipinski definition) is 0. The predicted octanol–water partition coefficient (Wildman–Crippen LogP) is 8.68. The van der Waals surface area contributed by atoms with Crippen LogP contribution in [0.1, 0.15) is 87.5 Å². The van der Waals surface area contributed by atoms with Gasteiger partial charge in [0.05, 0.1) is 13.2 Å². The van der Waals surface area contributed by atoms with Crippen molar-refractivity contribution in [1.82, 2.24) is 0 Å². The summed E-state index contributed by atoms with van der Waals surface area (Å²) in [6.45, 7) is 5.34. The third-order valence-corrected chi connectivity index (χ3v) is 5.96. The summed E-state index contributed by atoms with van der Waals surface area (Å²) in [5.74, 6) is 11.8. The predicted molar refractivity (Wildman–Crippen MR) is 150 cm³/mol. The summed E-state index contributed by atoms with van der Waals surface area (Å²) in [5.41, 5.74) is 2.75. The molecule has 0 aliphatic heterocycles. The minimum Gasteiger partial charge on any atom is -0.491 e. The second-order valence-corrected chi connectivity index (χ2v) is 9.19. The van der Waals surface area contributed by atoms with E-state index in [9.17, 15) is 8.78 Å². The summed E-state index contributed by atoms with van der Waals surface area (Å²) in [7, 11) is 0. The number of rotatable bonds is 12. The van der Waals surface area contributed by atoms with Gasteiger partial charge in [0, 0.05) is 22.3 Å². The molecule has 2 nitrogen and oxygen atoms in total. The molecule has 0 saturated heterocycles. The molecule has 4 heteroatoms. The van der Waals surface area contributed by atoms with Crippen molar-refractivity contribution in [3.63, 3.8) is 0 Å². The molecule has 198 valence electrons. The first-order chi connectivity index (χ1) is 18.6. The Morgan fingerprint density at radius 1 is 0.500 bits per heavy atom.